The summed E-state index contributed by atoms with van der Waals surface area (Å²) in [6, 6.07) is 17.1. The fourth-order valence-electron chi connectivity index (χ4n) is 4.89. The molecule has 2 fully saturated rings. The molecule has 45 heavy (non-hydrogen) atoms. The number of amides is 2. The van der Waals surface area contributed by atoms with Gasteiger partial charge in [-0.2, -0.15) is 0 Å². The number of rotatable bonds is 8. The fraction of sp³-hybridized carbons (Fsp3) is 0.500. The molecular formula is C34H47N3O8. The lowest BCUT2D eigenvalue weighted by molar-refractivity contribution is -0.148. The van der Waals surface area contributed by atoms with Crippen LogP contribution in [0.1, 0.15) is 59.6 Å². The van der Waals surface area contributed by atoms with E-state index in [0.717, 1.165) is 11.1 Å². The van der Waals surface area contributed by atoms with E-state index in [4.69, 9.17) is 25.5 Å². The minimum absolute atomic E-state index is 0. The number of nitrogens with zero attached hydrogens (tertiary/aromatic N) is 3. The molecule has 0 aliphatic carbocycles. The Morgan fingerprint density at radius 3 is 1.56 bits per heavy atom. The van der Waals surface area contributed by atoms with E-state index < -0.39 is 36.3 Å². The molecular weight excluding hydrogens is 578 g/mol. The number of ether oxygens (including phenoxy) is 4. The number of likely N-dealkylation sites (tertiary alicyclic amines) is 2. The van der Waals surface area contributed by atoms with Crippen LogP contribution in [0.2, 0.25) is 0 Å². The first-order valence-electron chi connectivity index (χ1n) is 14.4. The summed E-state index contributed by atoms with van der Waals surface area (Å²) >= 11 is 0. The van der Waals surface area contributed by atoms with Crippen LogP contribution in [0, 0.1) is 12.5 Å². The highest BCUT2D eigenvalue weighted by Crippen LogP contribution is 2.25. The van der Waals surface area contributed by atoms with Gasteiger partial charge in [0, 0.05) is 6.54 Å². The van der Waals surface area contributed by atoms with Crippen molar-refractivity contribution in [2.24, 2.45) is 5.92 Å². The molecule has 0 aromatic heterocycles. The van der Waals surface area contributed by atoms with E-state index in [0.29, 0.717) is 26.0 Å². The van der Waals surface area contributed by atoms with Crippen molar-refractivity contribution in [1.82, 2.24) is 9.80 Å². The topological polar surface area (TPSA) is 116 Å². The Hall–Kier alpha value is -4.59. The molecule has 2 saturated heterocycles. The van der Waals surface area contributed by atoms with E-state index in [-0.39, 0.29) is 53.1 Å². The summed E-state index contributed by atoms with van der Waals surface area (Å²) in [5, 5.41) is 0. The Balaban J connectivity index is 0.000000431. The van der Waals surface area contributed by atoms with Crippen molar-refractivity contribution in [2.75, 3.05) is 26.3 Å². The van der Waals surface area contributed by atoms with Crippen LogP contribution >= 0.6 is 0 Å². The molecule has 0 bridgehead atoms. The van der Waals surface area contributed by atoms with Crippen LogP contribution in [0.15, 0.2) is 60.7 Å². The maximum absolute atomic E-state index is 12.2. The van der Waals surface area contributed by atoms with Gasteiger partial charge in [-0.15, -0.1) is 0 Å². The van der Waals surface area contributed by atoms with Gasteiger partial charge in [0.15, 0.2) is 0 Å². The SMILES string of the molecule is C.C.CCOC(=O)[C@@H]1C[C@@H](C)CN1C(=O)OCc1ccccc1.[C-]#[N+][C@H]1C[C@@H](C(=O)OCC)N(C(=O)OCc2ccccc2)C1. The lowest BCUT2D eigenvalue weighted by Crippen LogP contribution is -2.41. The quantitative estimate of drug-likeness (QED) is 0.196. The summed E-state index contributed by atoms with van der Waals surface area (Å²) in [5.41, 5.74) is 1.79. The number of carbonyl (C=O) groups is 4. The molecule has 2 amide bonds. The molecule has 2 aliphatic heterocycles. The zero-order valence-corrected chi connectivity index (χ0v) is 24.8. The van der Waals surface area contributed by atoms with Crippen molar-refractivity contribution in [1.29, 1.82) is 0 Å². The van der Waals surface area contributed by atoms with Crippen LogP contribution < -0.4 is 0 Å². The smallest absolute Gasteiger partial charge is 0.411 e. The molecule has 4 rings (SSSR count). The number of esters is 2. The lowest BCUT2D eigenvalue weighted by atomic mass is 10.1. The van der Waals surface area contributed by atoms with Gasteiger partial charge in [0.2, 0.25) is 6.04 Å². The minimum atomic E-state index is -0.734. The molecule has 2 aliphatic rings. The number of hydrogen-bond donors (Lipinski definition) is 0. The van der Waals surface area contributed by atoms with Crippen LogP contribution in [0.4, 0.5) is 9.59 Å². The van der Waals surface area contributed by atoms with Crippen molar-refractivity contribution in [2.45, 2.75) is 79.8 Å². The Morgan fingerprint density at radius 1 is 0.711 bits per heavy atom. The monoisotopic (exact) mass is 625 g/mol. The third-order valence-corrected chi connectivity index (χ3v) is 6.97. The normalized spacial score (nSPS) is 19.8. The van der Waals surface area contributed by atoms with E-state index in [9.17, 15) is 19.2 Å². The highest BCUT2D eigenvalue weighted by Gasteiger charge is 2.44. The van der Waals surface area contributed by atoms with Crippen LogP contribution in [-0.2, 0) is 41.8 Å². The summed E-state index contributed by atoms with van der Waals surface area (Å²) < 4.78 is 20.5. The van der Waals surface area contributed by atoms with Crippen LogP contribution in [0.3, 0.4) is 0 Å². The van der Waals surface area contributed by atoms with Crippen molar-refractivity contribution < 1.29 is 38.1 Å². The maximum Gasteiger partial charge on any atom is 0.411 e. The summed E-state index contributed by atoms with van der Waals surface area (Å²) in [6.45, 7) is 14.2. The van der Waals surface area contributed by atoms with Gasteiger partial charge >= 0.3 is 24.1 Å². The molecule has 11 heteroatoms. The second-order valence-corrected chi connectivity index (χ2v) is 10.3. The second-order valence-electron chi connectivity index (χ2n) is 10.3. The largest absolute Gasteiger partial charge is 0.464 e. The minimum Gasteiger partial charge on any atom is -0.464 e. The summed E-state index contributed by atoms with van der Waals surface area (Å²) in [6.07, 6.45) is -0.128. The predicted molar refractivity (Wildman–Crippen MR) is 170 cm³/mol. The zero-order chi connectivity index (χ0) is 31.2. The standard InChI is InChI=1S/C16H18N2O4.C16H21NO4.2CH4/c1-3-21-15(19)14-9-13(17-2)10-18(14)16(20)22-11-12-7-5-4-6-8-12;1-3-20-15(18)14-9-12(2)10-17(14)16(19)21-11-13-7-5-4-6-8-13;;/h4-8,13-14H,3,9-11H2,1H3;4-8,12,14H,3,9-11H2,1-2H3;2*1H4/t13-,14-;12-,14+;;/m01../s1. The molecule has 0 unspecified atom stereocenters. The summed E-state index contributed by atoms with van der Waals surface area (Å²) in [4.78, 5) is 54.4. The Morgan fingerprint density at radius 2 is 1.13 bits per heavy atom. The first-order valence-corrected chi connectivity index (χ1v) is 14.4. The van der Waals surface area contributed by atoms with Crippen molar-refractivity contribution >= 4 is 24.1 Å². The summed E-state index contributed by atoms with van der Waals surface area (Å²) in [7, 11) is 0. The molecule has 246 valence electrons. The molecule has 0 saturated carbocycles. The Kier molecular flexibility index (Phi) is 16.8. The number of carbonyl (C=O) groups excluding carboxylic acids is 4. The molecule has 0 radical (unpaired) electrons. The predicted octanol–water partition coefficient (Wildman–Crippen LogP) is 6.12. The van der Waals surface area contributed by atoms with Gasteiger partial charge in [0.1, 0.15) is 31.8 Å². The van der Waals surface area contributed by atoms with E-state index in [2.05, 4.69) is 4.85 Å². The molecule has 0 N–H and O–H groups in total. The van der Waals surface area contributed by atoms with Gasteiger partial charge in [-0.05, 0) is 37.3 Å². The lowest BCUT2D eigenvalue weighted by Gasteiger charge is -2.22. The van der Waals surface area contributed by atoms with Crippen LogP contribution in [0.25, 0.3) is 4.85 Å². The Bertz CT molecular complexity index is 1250. The third-order valence-electron chi connectivity index (χ3n) is 6.97. The van der Waals surface area contributed by atoms with Gasteiger partial charge in [-0.1, -0.05) is 82.4 Å². The molecule has 2 aromatic rings. The molecule has 4 atom stereocenters. The average Bonchev–Trinajstić information content (AvgIpc) is 3.64. The van der Waals surface area contributed by atoms with Crippen molar-refractivity contribution in [3.05, 3.63) is 83.2 Å². The van der Waals surface area contributed by atoms with E-state index in [1.165, 1.54) is 9.80 Å². The first kappa shape index (κ1) is 38.4. The summed E-state index contributed by atoms with van der Waals surface area (Å²) in [5.74, 6) is -0.562. The average molecular weight is 626 g/mol. The van der Waals surface area contributed by atoms with Gasteiger partial charge < -0.3 is 23.8 Å². The third kappa shape index (κ3) is 11.4. The highest BCUT2D eigenvalue weighted by molar-refractivity contribution is 5.83. The molecule has 2 aromatic carbocycles. The van der Waals surface area contributed by atoms with Gasteiger partial charge in [-0.3, -0.25) is 9.80 Å². The van der Waals surface area contributed by atoms with Crippen LogP contribution in [-0.4, -0.2) is 78.4 Å². The van der Waals surface area contributed by atoms with Gasteiger partial charge in [0.05, 0.1) is 19.6 Å². The molecule has 0 spiro atoms. The first-order chi connectivity index (χ1) is 20.8. The van der Waals surface area contributed by atoms with E-state index in [1.54, 1.807) is 13.8 Å². The zero-order valence-electron chi connectivity index (χ0n) is 24.8. The maximum atomic E-state index is 12.2. The van der Waals surface area contributed by atoms with Crippen molar-refractivity contribution in [3.8, 4) is 0 Å². The van der Waals surface area contributed by atoms with E-state index in [1.807, 2.05) is 67.6 Å². The fourth-order valence-corrected chi connectivity index (χ4v) is 4.89. The molecule has 11 nitrogen and oxygen atoms in total. The van der Waals surface area contributed by atoms with Gasteiger partial charge in [-0.25, -0.2) is 25.8 Å². The van der Waals surface area contributed by atoms with Crippen LogP contribution in [0.5, 0.6) is 0 Å². The highest BCUT2D eigenvalue weighted by atomic mass is 16.6. The Labute approximate surface area is 267 Å². The number of hydrogen-bond acceptors (Lipinski definition) is 8. The molecule has 2 heterocycles. The number of benzene rings is 2. The second kappa shape index (κ2) is 19.6. The van der Waals surface area contributed by atoms with Gasteiger partial charge in [0.25, 0.3) is 0 Å². The van der Waals surface area contributed by atoms with Crippen molar-refractivity contribution in [3.63, 3.8) is 0 Å². The van der Waals surface area contributed by atoms with E-state index >= 15 is 0 Å².